The van der Waals surface area contributed by atoms with E-state index >= 15 is 0 Å². The molecule has 0 amide bonds. The summed E-state index contributed by atoms with van der Waals surface area (Å²) in [7, 11) is 4.69. The molecule has 2 aromatic rings. The Bertz CT molecular complexity index is 774. The predicted molar refractivity (Wildman–Crippen MR) is 92.2 cm³/mol. The smallest absolute Gasteiger partial charge is 0.195 e. The van der Waals surface area contributed by atoms with Crippen LogP contribution < -0.4 is 14.2 Å². The van der Waals surface area contributed by atoms with Crippen molar-refractivity contribution in [3.05, 3.63) is 52.0 Å². The van der Waals surface area contributed by atoms with Crippen LogP contribution in [0.2, 0.25) is 0 Å². The number of hydrogen-bond acceptors (Lipinski definition) is 5. The van der Waals surface area contributed by atoms with Crippen LogP contribution in [0.5, 0.6) is 17.2 Å². The molecule has 0 spiro atoms. The molecule has 0 bridgehead atoms. The summed E-state index contributed by atoms with van der Waals surface area (Å²) in [6.07, 6.45) is -0.765. The van der Waals surface area contributed by atoms with E-state index in [1.807, 2.05) is 24.3 Å². The second kappa shape index (κ2) is 6.83. The lowest BCUT2D eigenvalue weighted by atomic mass is 10.0. The minimum absolute atomic E-state index is 0.101. The Morgan fingerprint density at radius 1 is 1.04 bits per heavy atom. The number of rotatable bonds is 6. The lowest BCUT2D eigenvalue weighted by Gasteiger charge is -2.10. The summed E-state index contributed by atoms with van der Waals surface area (Å²) >= 11 is 3.42. The average molecular weight is 393 g/mol. The molecule has 5 nitrogen and oxygen atoms in total. The van der Waals surface area contributed by atoms with E-state index in [0.717, 1.165) is 11.3 Å². The molecule has 0 unspecified atom stereocenters. The molecular formula is C18H17BrO5. The van der Waals surface area contributed by atoms with Gasteiger partial charge in [-0.3, -0.25) is 4.79 Å². The van der Waals surface area contributed by atoms with Crippen molar-refractivity contribution in [1.29, 1.82) is 0 Å². The fraction of sp³-hybridized carbons (Fsp3) is 0.278. The van der Waals surface area contributed by atoms with Gasteiger partial charge in [-0.05, 0) is 45.8 Å². The van der Waals surface area contributed by atoms with Gasteiger partial charge >= 0.3 is 0 Å². The minimum Gasteiger partial charge on any atom is -0.497 e. The van der Waals surface area contributed by atoms with Crippen molar-refractivity contribution >= 4 is 21.7 Å². The summed E-state index contributed by atoms with van der Waals surface area (Å²) in [4.78, 5) is 12.8. The molecule has 1 heterocycles. The molecule has 3 rings (SSSR count). The van der Waals surface area contributed by atoms with Gasteiger partial charge in [0.2, 0.25) is 0 Å². The first-order valence-electron chi connectivity index (χ1n) is 7.34. The Balaban J connectivity index is 1.83. The molecule has 0 radical (unpaired) electrons. The summed E-state index contributed by atoms with van der Waals surface area (Å²) in [5.74, 6) is 1.70. The monoisotopic (exact) mass is 392 g/mol. The van der Waals surface area contributed by atoms with Crippen molar-refractivity contribution in [1.82, 2.24) is 0 Å². The molecule has 1 saturated heterocycles. The van der Waals surface area contributed by atoms with E-state index < -0.39 is 6.10 Å². The second-order valence-electron chi connectivity index (χ2n) is 5.31. The van der Waals surface area contributed by atoms with Crippen LogP contribution in [-0.4, -0.2) is 33.2 Å². The van der Waals surface area contributed by atoms with Crippen LogP contribution in [0, 0.1) is 0 Å². The number of ketones is 1. The Hall–Kier alpha value is -2.05. The first-order chi connectivity index (χ1) is 11.6. The molecule has 0 aromatic heterocycles. The average Bonchev–Trinajstić information content (AvgIpc) is 3.41. The quantitative estimate of drug-likeness (QED) is 0.552. The molecule has 6 heteroatoms. The van der Waals surface area contributed by atoms with Crippen LogP contribution in [0.25, 0.3) is 0 Å². The van der Waals surface area contributed by atoms with Crippen LogP contribution in [-0.2, 0) is 4.74 Å². The highest BCUT2D eigenvalue weighted by Gasteiger charge is 2.47. The van der Waals surface area contributed by atoms with Gasteiger partial charge in [0.25, 0.3) is 0 Å². The maximum Gasteiger partial charge on any atom is 0.195 e. The number of benzene rings is 2. The van der Waals surface area contributed by atoms with E-state index in [9.17, 15) is 4.79 Å². The molecule has 0 N–H and O–H groups in total. The number of carbonyl (C=O) groups excluding carboxylic acids is 1. The van der Waals surface area contributed by atoms with E-state index in [0.29, 0.717) is 21.5 Å². The Morgan fingerprint density at radius 3 is 2.42 bits per heavy atom. The van der Waals surface area contributed by atoms with E-state index in [1.54, 1.807) is 26.4 Å². The van der Waals surface area contributed by atoms with Gasteiger partial charge in [-0.25, -0.2) is 0 Å². The van der Waals surface area contributed by atoms with Crippen LogP contribution >= 0.6 is 15.9 Å². The van der Waals surface area contributed by atoms with Gasteiger partial charge in [-0.1, -0.05) is 12.1 Å². The zero-order chi connectivity index (χ0) is 17.3. The maximum atomic E-state index is 12.8. The van der Waals surface area contributed by atoms with Gasteiger partial charge in [-0.2, -0.15) is 0 Å². The summed E-state index contributed by atoms with van der Waals surface area (Å²) in [6.45, 7) is 0. The van der Waals surface area contributed by atoms with E-state index in [4.69, 9.17) is 18.9 Å². The number of carbonyl (C=O) groups is 1. The number of epoxide rings is 1. The minimum atomic E-state index is -0.508. The summed E-state index contributed by atoms with van der Waals surface area (Å²) < 4.78 is 22.0. The van der Waals surface area contributed by atoms with E-state index in [1.165, 1.54) is 7.11 Å². The van der Waals surface area contributed by atoms with Gasteiger partial charge in [0.1, 0.15) is 11.9 Å². The molecule has 1 aliphatic heterocycles. The lowest BCUT2D eigenvalue weighted by Crippen LogP contribution is -2.10. The van der Waals surface area contributed by atoms with Gasteiger partial charge in [0.05, 0.1) is 21.3 Å². The van der Waals surface area contributed by atoms with E-state index in [2.05, 4.69) is 15.9 Å². The third-order valence-corrected chi connectivity index (χ3v) is 4.57. The number of hydrogen-bond donors (Lipinski definition) is 0. The maximum absolute atomic E-state index is 12.8. The lowest BCUT2D eigenvalue weighted by molar-refractivity contribution is 0.0952. The Kier molecular flexibility index (Phi) is 4.78. The largest absolute Gasteiger partial charge is 0.497 e. The molecule has 126 valence electrons. The summed E-state index contributed by atoms with van der Waals surface area (Å²) in [5, 5.41) is 0. The van der Waals surface area contributed by atoms with Crippen LogP contribution in [0.1, 0.15) is 22.0 Å². The van der Waals surface area contributed by atoms with Gasteiger partial charge < -0.3 is 18.9 Å². The number of methoxy groups -OCH3 is 3. The predicted octanol–water partition coefficient (Wildman–Crippen LogP) is 3.80. The van der Waals surface area contributed by atoms with E-state index in [-0.39, 0.29) is 11.9 Å². The topological polar surface area (TPSA) is 57.3 Å². The molecular weight excluding hydrogens is 376 g/mol. The van der Waals surface area contributed by atoms with Crippen molar-refractivity contribution in [3.63, 3.8) is 0 Å². The van der Waals surface area contributed by atoms with Gasteiger partial charge in [-0.15, -0.1) is 0 Å². The zero-order valence-corrected chi connectivity index (χ0v) is 15.1. The first kappa shape index (κ1) is 16.8. The highest BCUT2D eigenvalue weighted by molar-refractivity contribution is 9.10. The molecule has 0 saturated carbocycles. The molecule has 2 atom stereocenters. The fourth-order valence-corrected chi connectivity index (χ4v) is 3.10. The van der Waals surface area contributed by atoms with Crippen molar-refractivity contribution < 1.29 is 23.7 Å². The first-order valence-corrected chi connectivity index (χ1v) is 8.13. The molecule has 24 heavy (non-hydrogen) atoms. The fourth-order valence-electron chi connectivity index (χ4n) is 2.58. The third-order valence-electron chi connectivity index (χ3n) is 3.91. The third kappa shape index (κ3) is 3.12. The molecule has 1 fully saturated rings. The standard InChI is InChI=1S/C18H17BrO5/c1-21-11-6-4-5-10(7-11)17-18(24-17)16(20)12-8-14(22-2)15(23-3)9-13(12)19/h4-9,17-18H,1-3H3/t17-,18-/m1/s1. The van der Waals surface area contributed by atoms with Crippen LogP contribution in [0.3, 0.4) is 0 Å². The normalized spacial score (nSPS) is 18.8. The number of ether oxygens (including phenoxy) is 4. The SMILES string of the molecule is COc1cccc([C@H]2O[C@@H]2C(=O)c2cc(OC)c(OC)cc2Br)c1. The van der Waals surface area contributed by atoms with Crippen molar-refractivity contribution in [2.24, 2.45) is 0 Å². The second-order valence-corrected chi connectivity index (χ2v) is 6.16. The Labute approximate surface area is 148 Å². The van der Waals surface area contributed by atoms with Crippen molar-refractivity contribution in [2.45, 2.75) is 12.2 Å². The van der Waals surface area contributed by atoms with Gasteiger partial charge in [0, 0.05) is 10.0 Å². The van der Waals surface area contributed by atoms with Crippen molar-refractivity contribution in [3.8, 4) is 17.2 Å². The molecule has 2 aromatic carbocycles. The molecule has 0 aliphatic carbocycles. The number of halogens is 1. The van der Waals surface area contributed by atoms with Crippen LogP contribution in [0.15, 0.2) is 40.9 Å². The van der Waals surface area contributed by atoms with Crippen LogP contribution in [0.4, 0.5) is 0 Å². The zero-order valence-electron chi connectivity index (χ0n) is 13.5. The van der Waals surface area contributed by atoms with Crippen molar-refractivity contribution in [2.75, 3.05) is 21.3 Å². The highest BCUT2D eigenvalue weighted by Crippen LogP contribution is 2.43. The van der Waals surface area contributed by atoms with Gasteiger partial charge in [0.15, 0.2) is 23.4 Å². The Morgan fingerprint density at radius 2 is 1.75 bits per heavy atom. The summed E-state index contributed by atoms with van der Waals surface area (Å²) in [6, 6.07) is 10.9. The summed E-state index contributed by atoms with van der Waals surface area (Å²) in [5.41, 5.74) is 1.42. The number of Topliss-reactive ketones (excluding diaryl/α,β-unsaturated/α-hetero) is 1. The highest BCUT2D eigenvalue weighted by atomic mass is 79.9. The molecule has 1 aliphatic rings.